The number of ether oxygens (including phenoxy) is 1. The van der Waals surface area contributed by atoms with Crippen LogP contribution in [-0.4, -0.2) is 44.4 Å². The zero-order chi connectivity index (χ0) is 24.0. The van der Waals surface area contributed by atoms with Gasteiger partial charge in [-0.2, -0.15) is 4.31 Å². The van der Waals surface area contributed by atoms with Gasteiger partial charge in [-0.25, -0.2) is 8.42 Å². The molecule has 1 amide bonds. The Morgan fingerprint density at radius 3 is 2.39 bits per heavy atom. The Morgan fingerprint density at radius 1 is 1.09 bits per heavy atom. The molecule has 1 aliphatic heterocycles. The van der Waals surface area contributed by atoms with Gasteiger partial charge in [0.05, 0.1) is 28.3 Å². The lowest BCUT2D eigenvalue weighted by Crippen LogP contribution is -2.39. The van der Waals surface area contributed by atoms with Crippen LogP contribution in [0.15, 0.2) is 47.4 Å². The summed E-state index contributed by atoms with van der Waals surface area (Å²) in [5.74, 6) is 0.496. The number of hydrogen-bond donors (Lipinski definition) is 2. The second-order valence-electron chi connectivity index (χ2n) is 8.21. The van der Waals surface area contributed by atoms with E-state index in [2.05, 4.69) is 10.6 Å². The minimum Gasteiger partial charge on any atom is -0.494 e. The lowest BCUT2D eigenvalue weighted by Gasteiger charge is -2.26. The fraction of sp³-hybridized carbons (Fsp3) is 0.458. The number of hydrogen-bond acceptors (Lipinski definition) is 5. The van der Waals surface area contributed by atoms with Gasteiger partial charge < -0.3 is 10.1 Å². The van der Waals surface area contributed by atoms with Crippen LogP contribution >= 0.6 is 11.6 Å². The maximum absolute atomic E-state index is 13.0. The van der Waals surface area contributed by atoms with Gasteiger partial charge >= 0.3 is 0 Å². The molecule has 9 heteroatoms. The first-order valence-corrected chi connectivity index (χ1v) is 13.1. The quantitative estimate of drug-likeness (QED) is 0.533. The van der Waals surface area contributed by atoms with Crippen molar-refractivity contribution in [1.82, 2.24) is 9.62 Å². The normalized spacial score (nSPS) is 16.7. The number of nitrogens with zero attached hydrogens (tertiary/aromatic N) is 1. The highest BCUT2D eigenvalue weighted by atomic mass is 35.5. The van der Waals surface area contributed by atoms with Gasteiger partial charge in [-0.1, -0.05) is 30.2 Å². The highest BCUT2D eigenvalue weighted by molar-refractivity contribution is 7.89. The molecule has 7 nitrogen and oxygen atoms in total. The maximum Gasteiger partial charge on any atom is 0.243 e. The summed E-state index contributed by atoms with van der Waals surface area (Å²) in [6.07, 6.45) is 2.74. The van der Waals surface area contributed by atoms with Crippen LogP contribution in [0.1, 0.15) is 51.6 Å². The molecule has 1 heterocycles. The Bertz CT molecular complexity index is 1050. The number of carbonyl (C=O) groups is 1. The molecule has 1 fully saturated rings. The van der Waals surface area contributed by atoms with Crippen LogP contribution in [0, 0.1) is 0 Å². The minimum atomic E-state index is -3.62. The third kappa shape index (κ3) is 6.47. The number of piperidine rings is 1. The minimum absolute atomic E-state index is 0.0808. The first-order chi connectivity index (χ1) is 15.7. The van der Waals surface area contributed by atoms with Crippen LogP contribution in [0.2, 0.25) is 5.02 Å². The molecule has 0 spiro atoms. The summed E-state index contributed by atoms with van der Waals surface area (Å²) in [7, 11) is -3.62. The van der Waals surface area contributed by atoms with Crippen LogP contribution in [-0.2, 0) is 14.8 Å². The topological polar surface area (TPSA) is 87.7 Å². The predicted octanol–water partition coefficient (Wildman–Crippen LogP) is 4.59. The van der Waals surface area contributed by atoms with Gasteiger partial charge in [0.15, 0.2) is 0 Å². The number of nitrogens with one attached hydrogen (secondary N) is 2. The average molecular weight is 494 g/mol. The van der Waals surface area contributed by atoms with Crippen LogP contribution in [0.3, 0.4) is 0 Å². The number of rotatable bonds is 9. The summed E-state index contributed by atoms with van der Waals surface area (Å²) in [5.41, 5.74) is 1.30. The summed E-state index contributed by atoms with van der Waals surface area (Å²) in [6.45, 7) is 7.28. The number of amides is 1. The third-order valence-electron chi connectivity index (χ3n) is 5.73. The van der Waals surface area contributed by atoms with Gasteiger partial charge in [0, 0.05) is 19.1 Å². The SMILES string of the molecule is CCOc1ccc(C(C)NC(C)C(=O)Nc2cc(S(=O)(=O)N3CCCCC3)ccc2Cl)cc1. The molecular formula is C24H32ClN3O4S. The molecule has 2 atom stereocenters. The molecular weight excluding hydrogens is 462 g/mol. The Morgan fingerprint density at radius 2 is 1.76 bits per heavy atom. The van der Waals surface area contributed by atoms with Crippen LogP contribution in [0.5, 0.6) is 5.75 Å². The summed E-state index contributed by atoms with van der Waals surface area (Å²) in [4.78, 5) is 13.0. The molecule has 2 unspecified atom stereocenters. The summed E-state index contributed by atoms with van der Waals surface area (Å²) in [6, 6.07) is 11.5. The first-order valence-electron chi connectivity index (χ1n) is 11.3. The van der Waals surface area contributed by atoms with Crippen LogP contribution in [0.25, 0.3) is 0 Å². The van der Waals surface area contributed by atoms with E-state index in [9.17, 15) is 13.2 Å². The molecule has 3 rings (SSSR count). The summed E-state index contributed by atoms with van der Waals surface area (Å²) in [5, 5.41) is 6.32. The van der Waals surface area contributed by atoms with E-state index in [1.54, 1.807) is 6.92 Å². The van der Waals surface area contributed by atoms with Gasteiger partial charge in [0.1, 0.15) is 5.75 Å². The standard InChI is InChI=1S/C24H32ClN3O4S/c1-4-32-20-10-8-19(9-11-20)17(2)26-18(3)24(29)27-23-16-21(12-13-22(23)25)33(30,31)28-14-6-5-7-15-28/h8-13,16-18,26H,4-7,14-15H2,1-3H3,(H,27,29). The van der Waals surface area contributed by atoms with Gasteiger partial charge in [0.25, 0.3) is 0 Å². The number of sulfonamides is 1. The fourth-order valence-electron chi connectivity index (χ4n) is 3.82. The first kappa shape index (κ1) is 25.5. The predicted molar refractivity (Wildman–Crippen MR) is 131 cm³/mol. The van der Waals surface area contributed by atoms with E-state index in [0.29, 0.717) is 19.7 Å². The molecule has 1 aliphatic rings. The molecule has 0 saturated carbocycles. The summed E-state index contributed by atoms with van der Waals surface area (Å²) >= 11 is 6.27. The second kappa shape index (κ2) is 11.3. The van der Waals surface area contributed by atoms with Crippen LogP contribution in [0.4, 0.5) is 5.69 Å². The molecule has 2 aromatic rings. The van der Waals surface area contributed by atoms with Crippen molar-refractivity contribution in [2.24, 2.45) is 0 Å². The number of halogens is 1. The van der Waals surface area contributed by atoms with E-state index < -0.39 is 16.1 Å². The van der Waals surface area contributed by atoms with Crippen molar-refractivity contribution in [3.63, 3.8) is 0 Å². The molecule has 0 aromatic heterocycles. The third-order valence-corrected chi connectivity index (χ3v) is 7.96. The zero-order valence-corrected chi connectivity index (χ0v) is 20.9. The lowest BCUT2D eigenvalue weighted by molar-refractivity contribution is -0.117. The van der Waals surface area contributed by atoms with Crippen molar-refractivity contribution in [3.05, 3.63) is 53.1 Å². The molecule has 2 N–H and O–H groups in total. The van der Waals surface area contributed by atoms with Crippen molar-refractivity contribution in [2.45, 2.75) is 57.0 Å². The van der Waals surface area contributed by atoms with E-state index >= 15 is 0 Å². The maximum atomic E-state index is 13.0. The van der Waals surface area contributed by atoms with E-state index in [4.69, 9.17) is 16.3 Å². The van der Waals surface area contributed by atoms with E-state index in [0.717, 1.165) is 30.6 Å². The Hall–Kier alpha value is -2.13. The van der Waals surface area contributed by atoms with Crippen molar-refractivity contribution >= 4 is 33.2 Å². The van der Waals surface area contributed by atoms with Crippen molar-refractivity contribution < 1.29 is 17.9 Å². The van der Waals surface area contributed by atoms with Gasteiger partial charge in [0.2, 0.25) is 15.9 Å². The molecule has 33 heavy (non-hydrogen) atoms. The molecule has 0 aliphatic carbocycles. The van der Waals surface area contributed by atoms with Crippen molar-refractivity contribution in [1.29, 1.82) is 0 Å². The molecule has 2 aromatic carbocycles. The molecule has 180 valence electrons. The molecule has 1 saturated heterocycles. The smallest absolute Gasteiger partial charge is 0.243 e. The Balaban J connectivity index is 1.67. The van der Waals surface area contributed by atoms with Gasteiger partial charge in [-0.3, -0.25) is 10.1 Å². The second-order valence-corrected chi connectivity index (χ2v) is 10.6. The Labute approximate surface area is 201 Å². The molecule has 0 radical (unpaired) electrons. The molecule has 0 bridgehead atoms. The fourth-order valence-corrected chi connectivity index (χ4v) is 5.53. The van der Waals surface area contributed by atoms with Crippen molar-refractivity contribution in [3.8, 4) is 5.75 Å². The largest absolute Gasteiger partial charge is 0.494 e. The summed E-state index contributed by atoms with van der Waals surface area (Å²) < 4.78 is 32.9. The number of anilines is 1. The number of benzene rings is 2. The number of carbonyl (C=O) groups excluding carboxylic acids is 1. The lowest BCUT2D eigenvalue weighted by atomic mass is 10.1. The monoisotopic (exact) mass is 493 g/mol. The van der Waals surface area contributed by atoms with Crippen LogP contribution < -0.4 is 15.4 Å². The highest BCUT2D eigenvalue weighted by Crippen LogP contribution is 2.28. The van der Waals surface area contributed by atoms with E-state index in [-0.39, 0.29) is 27.6 Å². The van der Waals surface area contributed by atoms with E-state index in [1.165, 1.54) is 22.5 Å². The highest BCUT2D eigenvalue weighted by Gasteiger charge is 2.27. The average Bonchev–Trinajstić information content (AvgIpc) is 2.81. The zero-order valence-electron chi connectivity index (χ0n) is 19.3. The Kier molecular flexibility index (Phi) is 8.75. The van der Waals surface area contributed by atoms with Crippen molar-refractivity contribution in [2.75, 3.05) is 25.0 Å². The van der Waals surface area contributed by atoms with E-state index in [1.807, 2.05) is 38.1 Å². The van der Waals surface area contributed by atoms with Gasteiger partial charge in [-0.15, -0.1) is 0 Å². The van der Waals surface area contributed by atoms with Gasteiger partial charge in [-0.05, 0) is 69.5 Å².